The first kappa shape index (κ1) is 10.5. The van der Waals surface area contributed by atoms with Gasteiger partial charge in [-0.25, -0.2) is 8.78 Å². The molecule has 0 aliphatic carbocycles. The first-order valence-corrected chi connectivity index (χ1v) is 4.38. The van der Waals surface area contributed by atoms with E-state index >= 15 is 0 Å². The quantitative estimate of drug-likeness (QED) is 0.486. The molecule has 1 aromatic rings. The second-order valence-corrected chi connectivity index (χ2v) is 2.94. The van der Waals surface area contributed by atoms with Crippen molar-refractivity contribution in [1.29, 1.82) is 0 Å². The number of hydrogen-bond acceptors (Lipinski definition) is 5. The van der Waals surface area contributed by atoms with Crippen LogP contribution in [0.15, 0.2) is 6.07 Å². The van der Waals surface area contributed by atoms with E-state index in [0.29, 0.717) is 6.07 Å². The van der Waals surface area contributed by atoms with Crippen LogP contribution < -0.4 is 15.7 Å². The van der Waals surface area contributed by atoms with Gasteiger partial charge in [0, 0.05) is 6.07 Å². The summed E-state index contributed by atoms with van der Waals surface area (Å²) in [6.45, 7) is 0. The lowest BCUT2D eigenvalue weighted by Crippen LogP contribution is -2.04. The van der Waals surface area contributed by atoms with E-state index in [1.54, 1.807) is 0 Å². The van der Waals surface area contributed by atoms with Crippen molar-refractivity contribution in [1.82, 2.24) is 0 Å². The van der Waals surface area contributed by atoms with Crippen LogP contribution in [0.1, 0.15) is 0 Å². The van der Waals surface area contributed by atoms with Crippen molar-refractivity contribution in [2.75, 3.05) is 11.5 Å². The number of nitrogens with two attached hydrogens (primary N) is 2. The Bertz CT molecular complexity index is 439. The van der Waals surface area contributed by atoms with Gasteiger partial charge in [0.1, 0.15) is 5.69 Å². The van der Waals surface area contributed by atoms with Crippen LogP contribution in [0.2, 0.25) is 0 Å². The monoisotopic (exact) mass is 224 g/mol. The molecule has 0 aliphatic heterocycles. The molecule has 0 aromatic heterocycles. The van der Waals surface area contributed by atoms with Crippen molar-refractivity contribution in [3.63, 3.8) is 0 Å². The maximum absolute atomic E-state index is 12.7. The minimum absolute atomic E-state index is 0.455. The number of hydrogen-bond donors (Lipinski definition) is 3. The van der Waals surface area contributed by atoms with Crippen LogP contribution in [0.25, 0.3) is 0 Å². The minimum Gasteiger partial charge on any atom is -0.394 e. The molecule has 0 spiro atoms. The van der Waals surface area contributed by atoms with E-state index in [1.807, 2.05) is 0 Å². The molecule has 0 saturated carbocycles. The van der Waals surface area contributed by atoms with Crippen LogP contribution in [0.5, 0.6) is 5.75 Å². The molecule has 0 fully saturated rings. The van der Waals surface area contributed by atoms with E-state index < -0.39 is 39.7 Å². The first-order valence-electron chi connectivity index (χ1n) is 3.28. The normalized spacial score (nSPS) is 10.5. The number of rotatable bonds is 2. The van der Waals surface area contributed by atoms with Crippen LogP contribution in [-0.4, -0.2) is 8.42 Å². The van der Waals surface area contributed by atoms with Crippen LogP contribution >= 0.6 is 0 Å². The van der Waals surface area contributed by atoms with Gasteiger partial charge in [0.25, 0.3) is 11.0 Å². The maximum Gasteiger partial charge on any atom is 0.299 e. The van der Waals surface area contributed by atoms with Gasteiger partial charge in [-0.15, -0.1) is 0 Å². The summed E-state index contributed by atoms with van der Waals surface area (Å²) in [6.07, 6.45) is 0. The molecule has 1 aromatic carbocycles. The first-order chi connectivity index (χ1) is 6.43. The van der Waals surface area contributed by atoms with E-state index in [4.69, 9.17) is 11.5 Å². The summed E-state index contributed by atoms with van der Waals surface area (Å²) in [5, 5.41) is 0. The van der Waals surface area contributed by atoms with Gasteiger partial charge >= 0.3 is 0 Å². The summed E-state index contributed by atoms with van der Waals surface area (Å²) in [7, 11) is -3.25. The van der Waals surface area contributed by atoms with Gasteiger partial charge in [-0.1, -0.05) is 0 Å². The summed E-state index contributed by atoms with van der Waals surface area (Å²) in [5.41, 5.74) is 9.08. The zero-order valence-electron chi connectivity index (χ0n) is 6.66. The SMILES string of the molecule is Nc1c(O[SH](=O)=O)cc(F)c(F)c1N. The largest absolute Gasteiger partial charge is 0.394 e. The van der Waals surface area contributed by atoms with Crippen LogP contribution in [0.4, 0.5) is 20.2 Å². The second-order valence-electron chi connectivity index (χ2n) is 2.31. The van der Waals surface area contributed by atoms with Crippen molar-refractivity contribution in [3.05, 3.63) is 17.7 Å². The van der Waals surface area contributed by atoms with Crippen LogP contribution in [-0.2, 0) is 11.0 Å². The predicted molar refractivity (Wildman–Crippen MR) is 46.1 cm³/mol. The lowest BCUT2D eigenvalue weighted by atomic mass is 10.2. The molecule has 8 heteroatoms. The van der Waals surface area contributed by atoms with Gasteiger partial charge in [0.2, 0.25) is 0 Å². The fourth-order valence-corrected chi connectivity index (χ4v) is 1.10. The van der Waals surface area contributed by atoms with E-state index in [-0.39, 0.29) is 0 Å². The van der Waals surface area contributed by atoms with E-state index in [1.165, 1.54) is 0 Å². The molecule has 0 bridgehead atoms. The van der Waals surface area contributed by atoms with Crippen molar-refractivity contribution < 1.29 is 21.4 Å². The van der Waals surface area contributed by atoms with Crippen LogP contribution in [0, 0.1) is 11.6 Å². The predicted octanol–water partition coefficient (Wildman–Crippen LogP) is 0.0344. The van der Waals surface area contributed by atoms with Gasteiger partial charge in [-0.3, -0.25) is 0 Å². The molecule has 0 aliphatic rings. The third-order valence-corrected chi connectivity index (χ3v) is 1.78. The highest BCUT2D eigenvalue weighted by Crippen LogP contribution is 2.31. The van der Waals surface area contributed by atoms with Gasteiger partial charge in [0.15, 0.2) is 17.4 Å². The molecule has 0 amide bonds. The molecule has 0 heterocycles. The fourth-order valence-electron chi connectivity index (χ4n) is 0.792. The Morgan fingerprint density at radius 3 is 2.29 bits per heavy atom. The van der Waals surface area contributed by atoms with Gasteiger partial charge in [-0.2, -0.15) is 8.42 Å². The lowest BCUT2D eigenvalue weighted by Gasteiger charge is -2.06. The van der Waals surface area contributed by atoms with E-state index in [2.05, 4.69) is 4.18 Å². The summed E-state index contributed by atoms with van der Waals surface area (Å²) in [4.78, 5) is 0. The molecule has 78 valence electrons. The van der Waals surface area contributed by atoms with Gasteiger partial charge in [-0.05, 0) is 0 Å². The maximum atomic E-state index is 12.7. The summed E-state index contributed by atoms with van der Waals surface area (Å²) in [5.74, 6) is -3.20. The van der Waals surface area contributed by atoms with Gasteiger partial charge in [0.05, 0.1) is 5.69 Å². The zero-order chi connectivity index (χ0) is 10.9. The average molecular weight is 224 g/mol. The second kappa shape index (κ2) is 3.66. The molecule has 14 heavy (non-hydrogen) atoms. The number of benzene rings is 1. The molecule has 0 radical (unpaired) electrons. The van der Waals surface area contributed by atoms with Crippen LogP contribution in [0.3, 0.4) is 0 Å². The Morgan fingerprint density at radius 2 is 1.79 bits per heavy atom. The molecule has 4 N–H and O–H groups in total. The van der Waals surface area contributed by atoms with Crippen molar-refractivity contribution in [2.45, 2.75) is 0 Å². The third-order valence-electron chi connectivity index (χ3n) is 1.43. The topological polar surface area (TPSA) is 95.4 Å². The molecule has 0 saturated heterocycles. The highest BCUT2D eigenvalue weighted by atomic mass is 32.2. The Balaban J connectivity index is 3.32. The number of nitrogen functional groups attached to an aromatic ring is 2. The standard InChI is InChI=1S/C6H6F2N2O3S/c7-2-1-3(13-14(11)12)5(9)6(10)4(2)8/h1,14H,9-10H2. The smallest absolute Gasteiger partial charge is 0.299 e. The lowest BCUT2D eigenvalue weighted by molar-refractivity contribution is 0.490. The zero-order valence-corrected chi connectivity index (χ0v) is 7.55. The summed E-state index contributed by atoms with van der Waals surface area (Å²) in [6, 6.07) is 0.506. The van der Waals surface area contributed by atoms with E-state index in [0.717, 1.165) is 0 Å². The Labute approximate surface area is 79.4 Å². The molecule has 5 nitrogen and oxygen atoms in total. The summed E-state index contributed by atoms with van der Waals surface area (Å²) < 4.78 is 49.8. The Morgan fingerprint density at radius 1 is 1.21 bits per heavy atom. The van der Waals surface area contributed by atoms with Crippen molar-refractivity contribution in [2.24, 2.45) is 0 Å². The molecule has 1 rings (SSSR count). The number of thiol groups is 1. The molecule has 0 unspecified atom stereocenters. The average Bonchev–Trinajstić information content (AvgIpc) is 2.10. The van der Waals surface area contributed by atoms with Gasteiger partial charge < -0.3 is 15.7 Å². The Kier molecular flexibility index (Phi) is 2.75. The third kappa shape index (κ3) is 1.84. The number of halogens is 2. The summed E-state index contributed by atoms with van der Waals surface area (Å²) >= 11 is 0. The molecular weight excluding hydrogens is 218 g/mol. The van der Waals surface area contributed by atoms with Crippen molar-refractivity contribution in [3.8, 4) is 5.75 Å². The minimum atomic E-state index is -3.25. The van der Waals surface area contributed by atoms with E-state index in [9.17, 15) is 17.2 Å². The molecular formula is C6H6F2N2O3S. The number of anilines is 2. The van der Waals surface area contributed by atoms with Crippen molar-refractivity contribution >= 4 is 22.4 Å². The highest BCUT2D eigenvalue weighted by molar-refractivity contribution is 7.67. The molecule has 0 atom stereocenters. The highest BCUT2D eigenvalue weighted by Gasteiger charge is 2.15. The Hall–Kier alpha value is -1.57. The fraction of sp³-hybridized carbons (Fsp3) is 0.